The molecule has 3 aromatic rings. The number of carbonyl (C=O) groups is 2. The highest BCUT2D eigenvalue weighted by Crippen LogP contribution is 2.31. The lowest BCUT2D eigenvalue weighted by atomic mass is 10.3. The highest BCUT2D eigenvalue weighted by molar-refractivity contribution is 8.76. The molecule has 3 aromatic heterocycles. The van der Waals surface area contributed by atoms with Crippen LogP contribution in [-0.4, -0.2) is 41.7 Å². The zero-order valence-electron chi connectivity index (χ0n) is 17.1. The summed E-state index contributed by atoms with van der Waals surface area (Å²) in [6.07, 6.45) is 3.22. The second kappa shape index (κ2) is 18.5. The van der Waals surface area contributed by atoms with Gasteiger partial charge in [0.05, 0.1) is 0 Å². The standard InChI is InChI=1S/C12H10N6O3S.S14/c1-5-14-2-6(3-15-5)12-16-11-9(22-12)8(10(13)21)17-18(11)4-7(19)20;1-3-5-7-9-11-13-14-12-10-8-6-4-2/h2-3H,4H2,1H3,(H2,13,21)(H,19,20);. The second-order valence-corrected chi connectivity index (χ2v) is 27.5. The number of nitrogens with two attached hydrogens (primary N) is 1. The van der Waals surface area contributed by atoms with Crippen LogP contribution >= 0.6 is 11.3 Å². The molecule has 1 amide bonds. The van der Waals surface area contributed by atoms with Crippen LogP contribution < -0.4 is 5.73 Å². The third-order valence-electron chi connectivity index (χ3n) is 3.14. The zero-order valence-corrected chi connectivity index (χ0v) is 29.3. The Morgan fingerprint density at radius 1 is 0.972 bits per heavy atom. The number of rotatable bonds is 4. The van der Waals surface area contributed by atoms with Crippen molar-refractivity contribution in [2.45, 2.75) is 13.5 Å². The van der Waals surface area contributed by atoms with E-state index in [0.717, 1.165) is 4.68 Å². The number of nitrogens with zero attached hydrogens (tertiary/aromatic N) is 5. The lowest BCUT2D eigenvalue weighted by molar-refractivity contribution is -0.137. The predicted molar refractivity (Wildman–Crippen MR) is 180 cm³/mol. The Morgan fingerprint density at radius 3 is 1.92 bits per heavy atom. The normalized spacial score (nSPS) is 9.47. The minimum absolute atomic E-state index is 0.00744. The molecule has 0 saturated heterocycles. The molecule has 24 heteroatoms. The Morgan fingerprint density at radius 2 is 1.47 bits per heavy atom. The fraction of sp³-hybridized carbons (Fsp3) is 0.167. The molecule has 3 N–H and O–H groups in total. The van der Waals surface area contributed by atoms with Crippen LogP contribution in [0.1, 0.15) is 16.3 Å². The number of thiazole rings is 1. The van der Waals surface area contributed by atoms with Crippen molar-refractivity contribution in [3.63, 3.8) is 0 Å². The zero-order chi connectivity index (χ0) is 26.3. The first-order valence-corrected chi connectivity index (χ1v) is 26.5. The van der Waals surface area contributed by atoms with E-state index >= 15 is 0 Å². The molecular formula is C12H10N6O3S15. The molecule has 0 atom stereocenters. The Hall–Kier alpha value is 0.200. The fourth-order valence-corrected chi connectivity index (χ4v) is 30.5. The number of hydrogen-bond donors (Lipinski definition) is 2. The molecule has 0 aliphatic carbocycles. The number of aryl methyl sites for hydroxylation is 1. The maximum Gasteiger partial charge on any atom is 0.325 e. The van der Waals surface area contributed by atoms with Gasteiger partial charge in [-0.1, -0.05) is 0 Å². The first kappa shape index (κ1) is 32.4. The van der Waals surface area contributed by atoms with Crippen molar-refractivity contribution in [1.29, 1.82) is 0 Å². The minimum Gasteiger partial charge on any atom is -0.480 e. The summed E-state index contributed by atoms with van der Waals surface area (Å²) in [5.41, 5.74) is 6.26. The topological polar surface area (TPSA) is 137 Å². The van der Waals surface area contributed by atoms with Crippen LogP contribution in [-0.2, 0) is 140 Å². The van der Waals surface area contributed by atoms with Gasteiger partial charge in [0, 0.05) is 147 Å². The van der Waals surface area contributed by atoms with E-state index in [1.807, 2.05) is 0 Å². The summed E-state index contributed by atoms with van der Waals surface area (Å²) < 4.78 is 1.59. The third-order valence-corrected chi connectivity index (χ3v) is 28.7. The van der Waals surface area contributed by atoms with E-state index in [1.54, 1.807) is 108 Å². The van der Waals surface area contributed by atoms with Crippen LogP contribution in [0.15, 0.2) is 12.4 Å². The van der Waals surface area contributed by atoms with E-state index < -0.39 is 18.4 Å². The largest absolute Gasteiger partial charge is 0.480 e. The van der Waals surface area contributed by atoms with E-state index in [0.29, 0.717) is 26.7 Å². The van der Waals surface area contributed by atoms with Gasteiger partial charge in [0.2, 0.25) is 0 Å². The molecule has 0 radical (unpaired) electrons. The quantitative estimate of drug-likeness (QED) is 0.387. The monoisotopic (exact) mass is 766 g/mol. The SMILES string of the molecule is Cc1ncc(-c2nc3c(s2)c(C(N)=O)nn3CC(=O)O)cn1.S=S=S=S=S=S=S=S=S=S=S=S=S=S. The number of hydrogen-bond acceptors (Lipinski definition) is 9. The summed E-state index contributed by atoms with van der Waals surface area (Å²) in [7, 11) is 19.9. The highest BCUT2D eigenvalue weighted by Gasteiger charge is 2.21. The number of fused-ring (bicyclic) bond motifs is 1. The Labute approximate surface area is 252 Å². The van der Waals surface area contributed by atoms with E-state index in [1.165, 1.54) is 29.1 Å². The van der Waals surface area contributed by atoms with Crippen LogP contribution in [0.25, 0.3) is 20.9 Å². The number of aromatic nitrogens is 5. The molecule has 0 unspecified atom stereocenters. The van der Waals surface area contributed by atoms with Crippen molar-refractivity contribution >= 4 is 163 Å². The van der Waals surface area contributed by atoms with E-state index in [4.69, 9.17) is 33.2 Å². The molecule has 0 aliphatic heterocycles. The molecule has 9 nitrogen and oxygen atoms in total. The predicted octanol–water partition coefficient (Wildman–Crippen LogP) is 0.408. The summed E-state index contributed by atoms with van der Waals surface area (Å²) >= 11 is 10.6. The molecular weight excluding hydrogens is 757 g/mol. The maximum atomic E-state index is 11.5. The number of aliphatic carboxylic acids is 1. The second-order valence-electron chi connectivity index (χ2n) is 5.27. The highest BCUT2D eigenvalue weighted by atomic mass is 33.5. The van der Waals surface area contributed by atoms with Crippen molar-refractivity contribution in [3.05, 3.63) is 23.9 Å². The van der Waals surface area contributed by atoms with Gasteiger partial charge in [-0.2, -0.15) is 5.10 Å². The van der Waals surface area contributed by atoms with Crippen LogP contribution in [0.4, 0.5) is 0 Å². The first-order chi connectivity index (χ1) is 17.4. The van der Waals surface area contributed by atoms with Gasteiger partial charge in [-0.25, -0.2) is 19.6 Å². The molecule has 0 spiro atoms. The van der Waals surface area contributed by atoms with Gasteiger partial charge in [-0.05, 0) is 6.92 Å². The Balaban J connectivity index is 0.000000284. The molecule has 0 saturated carbocycles. The fourth-order valence-electron chi connectivity index (χ4n) is 1.99. The van der Waals surface area contributed by atoms with E-state index in [2.05, 4.69) is 20.1 Å². The molecule has 0 bridgehead atoms. The number of carbonyl (C=O) groups excluding carboxylic acids is 1. The lowest BCUT2D eigenvalue weighted by Crippen LogP contribution is -2.15. The van der Waals surface area contributed by atoms with Crippen molar-refractivity contribution in [2.75, 3.05) is 0 Å². The number of carboxylic acid groups (broad SMARTS) is 1. The van der Waals surface area contributed by atoms with Crippen molar-refractivity contribution in [3.8, 4) is 10.6 Å². The lowest BCUT2D eigenvalue weighted by Gasteiger charge is -1.97. The Bertz CT molecular complexity index is 1750. The van der Waals surface area contributed by atoms with E-state index in [-0.39, 0.29) is 5.69 Å². The van der Waals surface area contributed by atoms with Crippen molar-refractivity contribution in [2.24, 2.45) is 5.73 Å². The number of primary amides is 1. The smallest absolute Gasteiger partial charge is 0.325 e. The van der Waals surface area contributed by atoms with Gasteiger partial charge in [-0.3, -0.25) is 9.59 Å². The van der Waals surface area contributed by atoms with Crippen LogP contribution in [0.3, 0.4) is 0 Å². The average Bonchev–Trinajstić information content (AvgIpc) is 3.41. The first-order valence-electron chi connectivity index (χ1n) is 8.30. The molecule has 0 fully saturated rings. The van der Waals surface area contributed by atoms with Gasteiger partial charge < -0.3 is 10.8 Å². The maximum absolute atomic E-state index is 11.5. The summed E-state index contributed by atoms with van der Waals surface area (Å²) in [5, 5.41) is 13.4. The van der Waals surface area contributed by atoms with Crippen LogP contribution in [0, 0.1) is 6.92 Å². The van der Waals surface area contributed by atoms with Gasteiger partial charge in [0.25, 0.3) is 5.91 Å². The number of amides is 1. The molecule has 196 valence electrons. The summed E-state index contributed by atoms with van der Waals surface area (Å²) in [6, 6.07) is 0. The molecule has 0 aromatic carbocycles. The van der Waals surface area contributed by atoms with Crippen molar-refractivity contribution < 1.29 is 14.7 Å². The van der Waals surface area contributed by atoms with Gasteiger partial charge in [0.15, 0.2) is 11.3 Å². The summed E-state index contributed by atoms with van der Waals surface area (Å²) in [6.45, 7) is 1.36. The van der Waals surface area contributed by atoms with Crippen molar-refractivity contribution in [1.82, 2.24) is 24.7 Å². The third kappa shape index (κ3) is 11.5. The number of carboxylic acids is 1. The Kier molecular flexibility index (Phi) is 16.6. The van der Waals surface area contributed by atoms with Gasteiger partial charge in [0.1, 0.15) is 22.1 Å². The molecule has 36 heavy (non-hydrogen) atoms. The van der Waals surface area contributed by atoms with Crippen LogP contribution in [0.2, 0.25) is 0 Å². The minimum atomic E-state index is -1.09. The van der Waals surface area contributed by atoms with Gasteiger partial charge in [-0.15, -0.1) is 11.3 Å². The molecule has 0 aliphatic rings. The summed E-state index contributed by atoms with van der Waals surface area (Å²) in [4.78, 5) is 34.9. The van der Waals surface area contributed by atoms with Crippen LogP contribution in [0.5, 0.6) is 0 Å². The average molecular weight is 767 g/mol. The molecule has 3 heterocycles. The summed E-state index contributed by atoms with van der Waals surface area (Å²) in [5.74, 6) is -1.20. The molecule has 3 rings (SSSR count). The van der Waals surface area contributed by atoms with E-state index in [9.17, 15) is 9.59 Å². The van der Waals surface area contributed by atoms with Gasteiger partial charge >= 0.3 is 5.97 Å².